The lowest BCUT2D eigenvalue weighted by atomic mass is 10.3. The van der Waals surface area contributed by atoms with E-state index in [2.05, 4.69) is 34.6 Å². The molecule has 1 aliphatic heterocycles. The quantitative estimate of drug-likeness (QED) is 0.776. The van der Waals surface area contributed by atoms with Gasteiger partial charge in [-0.1, -0.05) is 0 Å². The number of hydrogen-bond donors (Lipinski definition) is 1. The molecule has 1 aromatic rings. The van der Waals surface area contributed by atoms with Crippen LogP contribution in [0.3, 0.4) is 0 Å². The predicted octanol–water partition coefficient (Wildman–Crippen LogP) is 1.46. The van der Waals surface area contributed by atoms with Crippen molar-refractivity contribution in [3.8, 4) is 0 Å². The average molecular weight is 226 g/mol. The van der Waals surface area contributed by atoms with Crippen LogP contribution >= 0.6 is 11.9 Å². The standard InChI is InChI=1S/C10H18N4S/c1-8(2)13-4-3-5-14-9(7-13)6-10(12-14)15-11/h6,8H,3-5,7,11H2,1-2H3. The molecule has 0 unspecified atom stereocenters. The molecule has 0 atom stereocenters. The molecule has 15 heavy (non-hydrogen) atoms. The summed E-state index contributed by atoms with van der Waals surface area (Å²) in [6, 6.07) is 2.70. The molecule has 0 saturated heterocycles. The molecule has 0 bridgehead atoms. The van der Waals surface area contributed by atoms with Gasteiger partial charge in [0.15, 0.2) is 0 Å². The number of aromatic nitrogens is 2. The van der Waals surface area contributed by atoms with E-state index in [4.69, 9.17) is 5.14 Å². The molecule has 1 aromatic heterocycles. The van der Waals surface area contributed by atoms with Crippen molar-refractivity contribution in [3.05, 3.63) is 11.8 Å². The van der Waals surface area contributed by atoms with Gasteiger partial charge in [0.2, 0.25) is 0 Å². The lowest BCUT2D eigenvalue weighted by Crippen LogP contribution is -2.30. The van der Waals surface area contributed by atoms with Crippen LogP contribution in [0.1, 0.15) is 26.0 Å². The first-order chi connectivity index (χ1) is 7.20. The number of hydrogen-bond acceptors (Lipinski definition) is 4. The zero-order valence-corrected chi connectivity index (χ0v) is 10.1. The van der Waals surface area contributed by atoms with Crippen LogP contribution in [0.4, 0.5) is 0 Å². The number of nitrogens with zero attached hydrogens (tertiary/aromatic N) is 3. The van der Waals surface area contributed by atoms with Crippen LogP contribution in [-0.2, 0) is 13.1 Å². The minimum Gasteiger partial charge on any atom is -0.295 e. The van der Waals surface area contributed by atoms with Crippen LogP contribution in [0, 0.1) is 0 Å². The topological polar surface area (TPSA) is 47.1 Å². The third-order valence-electron chi connectivity index (χ3n) is 2.87. The molecule has 2 rings (SSSR count). The maximum atomic E-state index is 5.52. The predicted molar refractivity (Wildman–Crippen MR) is 62.4 cm³/mol. The van der Waals surface area contributed by atoms with E-state index in [-0.39, 0.29) is 0 Å². The zero-order chi connectivity index (χ0) is 10.8. The molecular weight excluding hydrogens is 208 g/mol. The Kier molecular flexibility index (Phi) is 3.33. The van der Waals surface area contributed by atoms with Gasteiger partial charge in [0, 0.05) is 25.7 Å². The first kappa shape index (κ1) is 11.0. The molecule has 0 radical (unpaired) electrons. The van der Waals surface area contributed by atoms with Crippen LogP contribution in [0.2, 0.25) is 0 Å². The Labute approximate surface area is 94.9 Å². The van der Waals surface area contributed by atoms with Crippen molar-refractivity contribution < 1.29 is 0 Å². The highest BCUT2D eigenvalue weighted by Gasteiger charge is 2.18. The summed E-state index contributed by atoms with van der Waals surface area (Å²) in [5.41, 5.74) is 1.29. The van der Waals surface area contributed by atoms with Gasteiger partial charge in [0.1, 0.15) is 5.03 Å². The summed E-state index contributed by atoms with van der Waals surface area (Å²) in [6.45, 7) is 7.64. The van der Waals surface area contributed by atoms with E-state index in [1.807, 2.05) is 0 Å². The zero-order valence-electron chi connectivity index (χ0n) is 9.31. The Morgan fingerprint density at radius 3 is 2.93 bits per heavy atom. The maximum Gasteiger partial charge on any atom is 0.133 e. The third-order valence-corrected chi connectivity index (χ3v) is 3.31. The van der Waals surface area contributed by atoms with Crippen molar-refractivity contribution >= 4 is 11.9 Å². The van der Waals surface area contributed by atoms with Crippen molar-refractivity contribution in [2.75, 3.05) is 6.54 Å². The fourth-order valence-corrected chi connectivity index (χ4v) is 2.31. The summed E-state index contributed by atoms with van der Waals surface area (Å²) in [7, 11) is 0. The molecular formula is C10H18N4S. The van der Waals surface area contributed by atoms with E-state index < -0.39 is 0 Å². The minimum absolute atomic E-state index is 0.598. The number of aryl methyl sites for hydroxylation is 1. The molecule has 0 aromatic carbocycles. The second-order valence-electron chi connectivity index (χ2n) is 4.23. The summed E-state index contributed by atoms with van der Waals surface area (Å²) in [5, 5.41) is 10.9. The van der Waals surface area contributed by atoms with Gasteiger partial charge in [0.25, 0.3) is 0 Å². The van der Waals surface area contributed by atoms with Crippen LogP contribution in [0.5, 0.6) is 0 Å². The van der Waals surface area contributed by atoms with Gasteiger partial charge in [-0.3, -0.25) is 14.7 Å². The van der Waals surface area contributed by atoms with E-state index in [1.54, 1.807) is 0 Å². The highest BCUT2D eigenvalue weighted by molar-refractivity contribution is 7.97. The Morgan fingerprint density at radius 1 is 1.47 bits per heavy atom. The molecule has 2 N–H and O–H groups in total. The van der Waals surface area contributed by atoms with Gasteiger partial charge in [-0.25, -0.2) is 0 Å². The largest absolute Gasteiger partial charge is 0.295 e. The lowest BCUT2D eigenvalue weighted by molar-refractivity contribution is 0.216. The molecule has 5 heteroatoms. The molecule has 0 saturated carbocycles. The SMILES string of the molecule is CC(C)N1CCCn2nc(SN)cc2C1. The van der Waals surface area contributed by atoms with Gasteiger partial charge in [-0.05, 0) is 38.3 Å². The molecule has 0 spiro atoms. The van der Waals surface area contributed by atoms with E-state index in [1.165, 1.54) is 24.1 Å². The van der Waals surface area contributed by atoms with Crippen molar-refractivity contribution in [1.82, 2.24) is 14.7 Å². The Bertz CT molecular complexity index is 334. The fourth-order valence-electron chi connectivity index (χ4n) is 1.96. The van der Waals surface area contributed by atoms with Crippen LogP contribution < -0.4 is 5.14 Å². The smallest absolute Gasteiger partial charge is 0.133 e. The maximum absolute atomic E-state index is 5.52. The van der Waals surface area contributed by atoms with E-state index in [0.717, 1.165) is 24.7 Å². The first-order valence-electron chi connectivity index (χ1n) is 5.38. The highest BCUT2D eigenvalue weighted by Crippen LogP contribution is 2.18. The van der Waals surface area contributed by atoms with E-state index in [0.29, 0.717) is 6.04 Å². The molecule has 0 fully saturated rings. The normalized spacial score (nSPS) is 17.9. The molecule has 0 aliphatic carbocycles. The molecule has 84 valence electrons. The summed E-state index contributed by atoms with van der Waals surface area (Å²) in [4.78, 5) is 2.48. The Hall–Kier alpha value is -0.520. The van der Waals surface area contributed by atoms with Gasteiger partial charge >= 0.3 is 0 Å². The van der Waals surface area contributed by atoms with Gasteiger partial charge in [-0.2, -0.15) is 5.10 Å². The monoisotopic (exact) mass is 226 g/mol. The van der Waals surface area contributed by atoms with Crippen LogP contribution in [0.25, 0.3) is 0 Å². The number of nitrogens with two attached hydrogens (primary N) is 1. The van der Waals surface area contributed by atoms with Crippen molar-refractivity contribution in [1.29, 1.82) is 0 Å². The summed E-state index contributed by atoms with van der Waals surface area (Å²) in [5.74, 6) is 0. The summed E-state index contributed by atoms with van der Waals surface area (Å²) >= 11 is 1.23. The highest BCUT2D eigenvalue weighted by atomic mass is 32.2. The summed E-state index contributed by atoms with van der Waals surface area (Å²) < 4.78 is 2.09. The van der Waals surface area contributed by atoms with E-state index >= 15 is 0 Å². The van der Waals surface area contributed by atoms with Gasteiger partial charge in [0.05, 0.1) is 5.69 Å². The summed E-state index contributed by atoms with van der Waals surface area (Å²) in [6.07, 6.45) is 1.17. The third kappa shape index (κ3) is 2.35. The number of rotatable bonds is 2. The van der Waals surface area contributed by atoms with E-state index in [9.17, 15) is 0 Å². The van der Waals surface area contributed by atoms with Crippen molar-refractivity contribution in [3.63, 3.8) is 0 Å². The van der Waals surface area contributed by atoms with Gasteiger partial charge in [-0.15, -0.1) is 0 Å². The molecule has 1 aliphatic rings. The Balaban J connectivity index is 2.20. The van der Waals surface area contributed by atoms with Crippen LogP contribution in [-0.4, -0.2) is 27.3 Å². The Morgan fingerprint density at radius 2 is 2.27 bits per heavy atom. The lowest BCUT2D eigenvalue weighted by Gasteiger charge is -2.23. The second-order valence-corrected chi connectivity index (χ2v) is 4.89. The minimum atomic E-state index is 0.598. The first-order valence-corrected chi connectivity index (χ1v) is 6.26. The van der Waals surface area contributed by atoms with Crippen molar-refractivity contribution in [2.24, 2.45) is 5.14 Å². The average Bonchev–Trinajstić information content (AvgIpc) is 2.49. The van der Waals surface area contributed by atoms with Crippen LogP contribution in [0.15, 0.2) is 11.1 Å². The molecule has 4 nitrogen and oxygen atoms in total. The molecule has 0 amide bonds. The van der Waals surface area contributed by atoms with Gasteiger partial charge < -0.3 is 0 Å². The fraction of sp³-hybridized carbons (Fsp3) is 0.700. The second kappa shape index (κ2) is 4.55. The van der Waals surface area contributed by atoms with Crippen molar-refractivity contribution in [2.45, 2.75) is 44.4 Å². The number of fused-ring (bicyclic) bond motifs is 1. The molecule has 2 heterocycles.